The van der Waals surface area contributed by atoms with Gasteiger partial charge in [-0.25, -0.2) is 0 Å². The van der Waals surface area contributed by atoms with Gasteiger partial charge in [0.1, 0.15) is 21.8 Å². The second-order valence-electron chi connectivity index (χ2n) is 8.05. The fourth-order valence-electron chi connectivity index (χ4n) is 4.03. The molecule has 2 fully saturated rings. The average Bonchev–Trinajstić information content (AvgIpc) is 3.01. The summed E-state index contributed by atoms with van der Waals surface area (Å²) in [5.41, 5.74) is 0.934. The number of hydrogen-bond acceptors (Lipinski definition) is 7. The number of amides is 1. The van der Waals surface area contributed by atoms with E-state index in [-0.39, 0.29) is 30.0 Å². The Morgan fingerprint density at radius 1 is 1.34 bits per heavy atom. The van der Waals surface area contributed by atoms with E-state index in [1.165, 1.54) is 4.90 Å². The Balaban J connectivity index is 2.14. The van der Waals surface area contributed by atoms with Crippen LogP contribution in [0.4, 0.5) is 5.82 Å². The lowest BCUT2D eigenvalue weighted by atomic mass is 9.97. The maximum Gasteiger partial charge on any atom is 0.305 e. The van der Waals surface area contributed by atoms with Crippen molar-refractivity contribution < 1.29 is 14.7 Å². The van der Waals surface area contributed by atoms with Gasteiger partial charge < -0.3 is 10.0 Å². The van der Waals surface area contributed by atoms with Gasteiger partial charge in [0.15, 0.2) is 0 Å². The summed E-state index contributed by atoms with van der Waals surface area (Å²) in [6.45, 7) is 7.77. The molecule has 0 saturated carbocycles. The molecule has 1 aromatic heterocycles. The number of thiocarbonyl (C=S) groups is 1. The number of hydrogen-bond donors (Lipinski definition) is 1. The number of aliphatic carboxylic acids is 1. The normalized spacial score (nSPS) is 18.5. The summed E-state index contributed by atoms with van der Waals surface area (Å²) in [5.74, 6) is -0.0426. The van der Waals surface area contributed by atoms with Crippen LogP contribution in [0, 0.1) is 24.2 Å². The first kappa shape index (κ1) is 24.0. The van der Waals surface area contributed by atoms with Crippen molar-refractivity contribution in [2.24, 2.45) is 5.92 Å². The number of piperidine rings is 1. The van der Waals surface area contributed by atoms with Crippen LogP contribution in [0.15, 0.2) is 9.70 Å². The summed E-state index contributed by atoms with van der Waals surface area (Å²) in [6.07, 6.45) is 3.49. The number of anilines is 1. The largest absolute Gasteiger partial charge is 0.481 e. The highest BCUT2D eigenvalue weighted by Gasteiger charge is 2.33. The highest BCUT2D eigenvalue weighted by Crippen LogP contribution is 2.36. The second-order valence-corrected chi connectivity index (χ2v) is 9.72. The Hall–Kier alpha value is -2.64. The molecule has 3 rings (SSSR count). The first-order chi connectivity index (χ1) is 15.2. The molecule has 0 radical (unpaired) electrons. The second kappa shape index (κ2) is 9.88. The minimum absolute atomic E-state index is 0.00506. The van der Waals surface area contributed by atoms with E-state index in [9.17, 15) is 19.6 Å². The van der Waals surface area contributed by atoms with Crippen molar-refractivity contribution in [3.8, 4) is 6.07 Å². The van der Waals surface area contributed by atoms with Gasteiger partial charge >= 0.3 is 5.97 Å². The molecule has 1 aromatic rings. The topological polar surface area (TPSA) is 107 Å². The molecule has 32 heavy (non-hydrogen) atoms. The van der Waals surface area contributed by atoms with Gasteiger partial charge in [-0.05, 0) is 44.2 Å². The molecule has 2 aliphatic heterocycles. The van der Waals surface area contributed by atoms with Gasteiger partial charge in [0.05, 0.1) is 11.3 Å². The molecule has 0 aliphatic carbocycles. The number of carboxylic acid groups (broad SMARTS) is 1. The van der Waals surface area contributed by atoms with Crippen molar-refractivity contribution in [1.82, 2.24) is 9.47 Å². The predicted octanol–water partition coefficient (Wildman–Crippen LogP) is 2.96. The van der Waals surface area contributed by atoms with Gasteiger partial charge in [0.2, 0.25) is 0 Å². The van der Waals surface area contributed by atoms with Gasteiger partial charge in [-0.1, -0.05) is 30.9 Å². The minimum Gasteiger partial charge on any atom is -0.481 e. The minimum atomic E-state index is -1.01. The molecule has 10 heteroatoms. The Morgan fingerprint density at radius 2 is 2.00 bits per heavy atom. The fraction of sp³-hybridized carbons (Fsp3) is 0.500. The van der Waals surface area contributed by atoms with Crippen LogP contribution in [0.3, 0.4) is 0 Å². The molecule has 8 nitrogen and oxygen atoms in total. The lowest BCUT2D eigenvalue weighted by Gasteiger charge is -2.35. The summed E-state index contributed by atoms with van der Waals surface area (Å²) in [5, 5.41) is 18.6. The highest BCUT2D eigenvalue weighted by atomic mass is 32.2. The molecule has 1 N–H and O–H groups in total. The van der Waals surface area contributed by atoms with E-state index >= 15 is 0 Å². The summed E-state index contributed by atoms with van der Waals surface area (Å²) in [4.78, 5) is 40.7. The van der Waals surface area contributed by atoms with Crippen LogP contribution >= 0.6 is 24.0 Å². The third kappa shape index (κ3) is 4.59. The van der Waals surface area contributed by atoms with Crippen molar-refractivity contribution in [3.05, 3.63) is 31.9 Å². The summed E-state index contributed by atoms with van der Waals surface area (Å²) in [7, 11) is 0. The van der Waals surface area contributed by atoms with Gasteiger partial charge in [0.25, 0.3) is 11.5 Å². The zero-order valence-electron chi connectivity index (χ0n) is 18.4. The Bertz CT molecular complexity index is 1090. The number of carbonyl (C=O) groups is 2. The number of rotatable bonds is 6. The molecule has 0 atom stereocenters. The van der Waals surface area contributed by atoms with E-state index in [1.54, 1.807) is 17.6 Å². The van der Waals surface area contributed by atoms with E-state index in [0.717, 1.165) is 43.5 Å². The quantitative estimate of drug-likeness (QED) is 0.495. The SMILES string of the molecule is CCn1c(N2CCC(C)CC2)c(C=C2SC(=S)N(CCC(=O)O)C2=O)c(C)c(C#N)c1=O. The standard InChI is InChI=1S/C22H26N4O4S2/c1-4-25-19(24-8-5-13(2)6-9-24)15(14(3)16(12-23)20(25)29)11-17-21(30)26(22(31)32-17)10-7-18(27)28/h11,13H,4-10H2,1-3H3,(H,27,28). The third-order valence-corrected chi connectivity index (χ3v) is 7.32. The van der Waals surface area contributed by atoms with E-state index in [4.69, 9.17) is 17.3 Å². The van der Waals surface area contributed by atoms with Crippen LogP contribution in [-0.2, 0) is 16.1 Å². The van der Waals surface area contributed by atoms with Gasteiger partial charge in [-0.3, -0.25) is 23.9 Å². The van der Waals surface area contributed by atoms with Crippen molar-refractivity contribution in [2.45, 2.75) is 46.6 Å². The molecule has 3 heterocycles. The number of carboxylic acids is 1. The molecule has 0 spiro atoms. The molecule has 0 bridgehead atoms. The molecule has 0 unspecified atom stereocenters. The number of carbonyl (C=O) groups excluding carboxylic acids is 1. The van der Waals surface area contributed by atoms with Crippen LogP contribution in [0.5, 0.6) is 0 Å². The molecular formula is C22H26N4O4S2. The Kier molecular flexibility index (Phi) is 7.41. The third-order valence-electron chi connectivity index (χ3n) is 5.94. The summed E-state index contributed by atoms with van der Waals surface area (Å²) in [6, 6.07) is 2.03. The highest BCUT2D eigenvalue weighted by molar-refractivity contribution is 8.26. The zero-order valence-corrected chi connectivity index (χ0v) is 20.0. The van der Waals surface area contributed by atoms with Crippen molar-refractivity contribution >= 4 is 52.1 Å². The monoisotopic (exact) mass is 474 g/mol. The maximum absolute atomic E-state index is 13.0. The molecule has 170 valence electrons. The van der Waals surface area contributed by atoms with Gasteiger partial charge in [-0.2, -0.15) is 5.26 Å². The first-order valence-electron chi connectivity index (χ1n) is 10.6. The molecular weight excluding hydrogens is 448 g/mol. The van der Waals surface area contributed by atoms with Gasteiger partial charge in [-0.15, -0.1) is 0 Å². The van der Waals surface area contributed by atoms with E-state index in [1.807, 2.05) is 13.0 Å². The van der Waals surface area contributed by atoms with Crippen LogP contribution in [0.25, 0.3) is 6.08 Å². The van der Waals surface area contributed by atoms with E-state index in [2.05, 4.69) is 11.8 Å². The van der Waals surface area contributed by atoms with Crippen molar-refractivity contribution in [1.29, 1.82) is 5.26 Å². The lowest BCUT2D eigenvalue weighted by molar-refractivity contribution is -0.137. The first-order valence-corrected chi connectivity index (χ1v) is 11.8. The summed E-state index contributed by atoms with van der Waals surface area (Å²) < 4.78 is 1.91. The number of nitrogens with zero attached hydrogens (tertiary/aromatic N) is 4. The predicted molar refractivity (Wildman–Crippen MR) is 129 cm³/mol. The maximum atomic E-state index is 13.0. The smallest absolute Gasteiger partial charge is 0.305 e. The van der Waals surface area contributed by atoms with Crippen LogP contribution < -0.4 is 10.5 Å². The molecule has 2 saturated heterocycles. The van der Waals surface area contributed by atoms with Crippen molar-refractivity contribution in [3.63, 3.8) is 0 Å². The lowest BCUT2D eigenvalue weighted by Crippen LogP contribution is -2.39. The summed E-state index contributed by atoms with van der Waals surface area (Å²) >= 11 is 6.41. The number of pyridine rings is 1. The molecule has 2 aliphatic rings. The van der Waals surface area contributed by atoms with Gasteiger partial charge in [0, 0.05) is 31.7 Å². The molecule has 0 aromatic carbocycles. The van der Waals surface area contributed by atoms with Crippen LogP contribution in [-0.4, -0.2) is 50.4 Å². The number of thioether (sulfide) groups is 1. The number of nitriles is 1. The Morgan fingerprint density at radius 3 is 2.56 bits per heavy atom. The molecule has 1 amide bonds. The fourth-order valence-corrected chi connectivity index (χ4v) is 5.32. The average molecular weight is 475 g/mol. The van der Waals surface area contributed by atoms with Crippen LogP contribution in [0.2, 0.25) is 0 Å². The van der Waals surface area contributed by atoms with E-state index < -0.39 is 5.97 Å². The number of aromatic nitrogens is 1. The van der Waals surface area contributed by atoms with Crippen molar-refractivity contribution in [2.75, 3.05) is 24.5 Å². The van der Waals surface area contributed by atoms with Crippen LogP contribution in [0.1, 0.15) is 49.8 Å². The zero-order chi connectivity index (χ0) is 23.6. The van der Waals surface area contributed by atoms with E-state index in [0.29, 0.717) is 32.8 Å². The Labute approximate surface area is 196 Å².